The molecule has 3 aromatic rings. The highest BCUT2D eigenvalue weighted by Gasteiger charge is 2.59. The molecule has 3 aromatic carbocycles. The molecule has 0 aliphatic carbocycles. The first-order valence-corrected chi connectivity index (χ1v) is 18.7. The van der Waals surface area contributed by atoms with Crippen LogP contribution < -0.4 is 9.47 Å². The number of carbonyl (C=O) groups excluding carboxylic acids is 1. The monoisotopic (exact) mass is 616 g/mol. The van der Waals surface area contributed by atoms with Gasteiger partial charge < -0.3 is 18.6 Å². The minimum Gasteiger partial charge on any atom is -0.497 e. The molecule has 3 heterocycles. The molecule has 0 saturated carbocycles. The van der Waals surface area contributed by atoms with Gasteiger partial charge in [-0.2, -0.15) is 0 Å². The Morgan fingerprint density at radius 2 is 1.77 bits per heavy atom. The number of hydrogen-bond acceptors (Lipinski definition) is 7. The van der Waals surface area contributed by atoms with E-state index in [1.807, 2.05) is 71.6 Å². The van der Waals surface area contributed by atoms with Crippen molar-refractivity contribution in [2.75, 3.05) is 20.3 Å². The van der Waals surface area contributed by atoms with Gasteiger partial charge in [0.05, 0.1) is 25.7 Å². The molecule has 0 spiro atoms. The zero-order valence-electron chi connectivity index (χ0n) is 25.8. The number of benzene rings is 3. The van der Waals surface area contributed by atoms with Crippen LogP contribution in [0.15, 0.2) is 77.8 Å². The lowest BCUT2D eigenvalue weighted by atomic mass is 9.80. The predicted octanol–water partition coefficient (Wildman–Crippen LogP) is 7.44. The fourth-order valence-corrected chi connectivity index (χ4v) is 7.81. The highest BCUT2D eigenvalue weighted by atomic mass is 32.2. The third kappa shape index (κ3) is 5.52. The van der Waals surface area contributed by atoms with Crippen molar-refractivity contribution >= 4 is 31.2 Å². The lowest BCUT2D eigenvalue weighted by molar-refractivity contribution is -0.113. The molecule has 0 fully saturated rings. The lowest BCUT2D eigenvalue weighted by Gasteiger charge is -2.53. The summed E-state index contributed by atoms with van der Waals surface area (Å²) in [6.07, 6.45) is 0. The van der Waals surface area contributed by atoms with E-state index in [9.17, 15) is 4.79 Å². The van der Waals surface area contributed by atoms with E-state index >= 15 is 0 Å². The number of methoxy groups -OCH3 is 1. The lowest BCUT2D eigenvalue weighted by Crippen LogP contribution is -2.62. The molecule has 0 aromatic heterocycles. The average molecular weight is 617 g/mol. The Morgan fingerprint density at radius 3 is 2.51 bits per heavy atom. The number of thioether (sulfide) groups is 1. The number of ether oxygens (including phenoxy) is 3. The van der Waals surface area contributed by atoms with E-state index in [-0.39, 0.29) is 29.5 Å². The van der Waals surface area contributed by atoms with Crippen LogP contribution in [0.4, 0.5) is 0 Å². The minimum absolute atomic E-state index is 0.0230. The fraction of sp³-hybridized carbons (Fsp3) is 0.412. The number of carbonyl (C=O) groups is 1. The van der Waals surface area contributed by atoms with Gasteiger partial charge in [-0.05, 0) is 53.5 Å². The Labute approximate surface area is 259 Å². The highest BCUT2D eigenvalue weighted by Crippen LogP contribution is 2.53. The van der Waals surface area contributed by atoms with E-state index in [1.54, 1.807) is 18.9 Å². The molecular formula is C34H40N2O5SSi. The van der Waals surface area contributed by atoms with E-state index in [0.717, 1.165) is 33.8 Å². The average Bonchev–Trinajstić information content (AvgIpc) is 3.11. The predicted molar refractivity (Wildman–Crippen MR) is 173 cm³/mol. The minimum atomic E-state index is -2.15. The fourth-order valence-electron chi connectivity index (χ4n) is 5.69. The van der Waals surface area contributed by atoms with E-state index in [0.29, 0.717) is 24.1 Å². The summed E-state index contributed by atoms with van der Waals surface area (Å²) in [6.45, 7) is 12.2. The molecular weight excluding hydrogens is 577 g/mol. The van der Waals surface area contributed by atoms with Crippen molar-refractivity contribution in [1.82, 2.24) is 4.90 Å². The quantitative estimate of drug-likeness (QED) is 0.245. The van der Waals surface area contributed by atoms with Gasteiger partial charge in [0.2, 0.25) is 5.72 Å². The number of aliphatic imine (C=N–C) groups is 1. The molecule has 7 nitrogen and oxygen atoms in total. The van der Waals surface area contributed by atoms with Crippen molar-refractivity contribution in [3.8, 4) is 11.5 Å². The summed E-state index contributed by atoms with van der Waals surface area (Å²) in [4.78, 5) is 21.6. The topological polar surface area (TPSA) is 69.6 Å². The van der Waals surface area contributed by atoms with Gasteiger partial charge in [-0.15, -0.1) is 0 Å². The summed E-state index contributed by atoms with van der Waals surface area (Å²) < 4.78 is 25.5. The molecule has 6 rings (SSSR count). The summed E-state index contributed by atoms with van der Waals surface area (Å²) in [7, 11) is -0.489. The summed E-state index contributed by atoms with van der Waals surface area (Å²) in [5, 5.41) is 0.687. The van der Waals surface area contributed by atoms with Crippen LogP contribution in [-0.2, 0) is 21.5 Å². The molecule has 2 bridgehead atoms. The zero-order valence-corrected chi connectivity index (χ0v) is 27.6. The van der Waals surface area contributed by atoms with E-state index in [1.165, 1.54) is 0 Å². The second kappa shape index (κ2) is 11.4. The summed E-state index contributed by atoms with van der Waals surface area (Å²) in [6, 6.07) is 23.4. The number of hydrogen-bond donors (Lipinski definition) is 0. The first-order valence-electron chi connectivity index (χ1n) is 14.8. The number of rotatable bonds is 8. The van der Waals surface area contributed by atoms with Crippen molar-refractivity contribution < 1.29 is 23.4 Å². The summed E-state index contributed by atoms with van der Waals surface area (Å²) >= 11 is 1.58. The van der Waals surface area contributed by atoms with Gasteiger partial charge in [-0.25, -0.2) is 4.99 Å². The normalized spacial score (nSPS) is 22.9. The van der Waals surface area contributed by atoms with Crippen molar-refractivity contribution in [3.05, 3.63) is 95.1 Å². The van der Waals surface area contributed by atoms with Gasteiger partial charge in [0.15, 0.2) is 13.5 Å². The molecule has 1 amide bonds. The van der Waals surface area contributed by atoms with E-state index < -0.39 is 14.0 Å². The molecule has 3 atom stereocenters. The van der Waals surface area contributed by atoms with Crippen LogP contribution in [-0.4, -0.2) is 50.3 Å². The molecule has 3 aliphatic rings. The van der Waals surface area contributed by atoms with Crippen LogP contribution in [0.2, 0.25) is 18.1 Å². The van der Waals surface area contributed by atoms with Gasteiger partial charge >= 0.3 is 0 Å². The number of para-hydroxylation sites is 1. The third-order valence-corrected chi connectivity index (χ3v) is 14.7. The summed E-state index contributed by atoms with van der Waals surface area (Å²) in [5.74, 6) is 1.86. The number of nitrogens with zero attached hydrogens (tertiary/aromatic N) is 2. The van der Waals surface area contributed by atoms with Crippen LogP contribution in [0.1, 0.15) is 53.9 Å². The SMILES string of the molecule is COc1ccc(COCC23N=C4SCc5ccccc5C(=O)N4[C@H](c4ccccc4O2)[C@H]3CO[Si](C)(C)C(C)(C)C)cc1. The Hall–Kier alpha value is -3.11. The van der Waals surface area contributed by atoms with Gasteiger partial charge in [-0.1, -0.05) is 81.1 Å². The molecule has 1 unspecified atom stereocenters. The van der Waals surface area contributed by atoms with Crippen LogP contribution in [0.25, 0.3) is 0 Å². The Bertz CT molecular complexity index is 1540. The second-order valence-electron chi connectivity index (χ2n) is 13.0. The molecule has 43 heavy (non-hydrogen) atoms. The van der Waals surface area contributed by atoms with Gasteiger partial charge in [0, 0.05) is 23.5 Å². The standard InChI is InChI=1S/C34H40N2O5SSi/c1-33(2,3)43(5,6)40-20-28-30-27-13-9-10-14-29(27)41-34(28,22-39-19-23-15-17-25(38-4)18-16-23)35-32-36(30)31(37)26-12-8-7-11-24(26)21-42-32/h7-18,28,30H,19-22H2,1-6H3/t28-,30-,34?/m1/s1. The second-order valence-corrected chi connectivity index (χ2v) is 18.7. The van der Waals surface area contributed by atoms with Crippen LogP contribution in [0.5, 0.6) is 11.5 Å². The van der Waals surface area contributed by atoms with E-state index in [2.05, 4.69) is 39.9 Å². The maximum atomic E-state index is 14.4. The first-order chi connectivity index (χ1) is 20.5. The molecule has 226 valence electrons. The van der Waals surface area contributed by atoms with Gasteiger partial charge in [0.25, 0.3) is 5.91 Å². The van der Waals surface area contributed by atoms with Gasteiger partial charge in [0.1, 0.15) is 18.1 Å². The molecule has 0 N–H and O–H groups in total. The smallest absolute Gasteiger partial charge is 0.260 e. The Kier molecular flexibility index (Phi) is 7.96. The number of amidine groups is 1. The molecule has 0 saturated heterocycles. The van der Waals surface area contributed by atoms with Crippen LogP contribution in [0, 0.1) is 5.92 Å². The maximum Gasteiger partial charge on any atom is 0.260 e. The first kappa shape index (κ1) is 29.9. The van der Waals surface area contributed by atoms with E-state index in [4.69, 9.17) is 23.6 Å². The van der Waals surface area contributed by atoms with Crippen molar-refractivity contribution in [3.63, 3.8) is 0 Å². The van der Waals surface area contributed by atoms with Crippen LogP contribution in [0.3, 0.4) is 0 Å². The molecule has 9 heteroatoms. The van der Waals surface area contributed by atoms with Crippen molar-refractivity contribution in [2.45, 2.75) is 63.0 Å². The largest absolute Gasteiger partial charge is 0.497 e. The molecule has 3 aliphatic heterocycles. The number of amides is 1. The van der Waals surface area contributed by atoms with Crippen molar-refractivity contribution in [2.24, 2.45) is 10.9 Å². The molecule has 0 radical (unpaired) electrons. The maximum absolute atomic E-state index is 14.4. The zero-order chi connectivity index (χ0) is 30.4. The third-order valence-electron chi connectivity index (χ3n) is 9.24. The number of fused-ring (bicyclic) bond motifs is 7. The van der Waals surface area contributed by atoms with Crippen molar-refractivity contribution in [1.29, 1.82) is 0 Å². The Morgan fingerprint density at radius 1 is 1.05 bits per heavy atom. The van der Waals surface area contributed by atoms with Gasteiger partial charge in [-0.3, -0.25) is 9.69 Å². The highest BCUT2D eigenvalue weighted by molar-refractivity contribution is 8.13. The Balaban J connectivity index is 1.43. The summed E-state index contributed by atoms with van der Waals surface area (Å²) in [5.41, 5.74) is 2.66. The van der Waals surface area contributed by atoms with Crippen LogP contribution >= 0.6 is 11.8 Å².